The van der Waals surface area contributed by atoms with Crippen molar-refractivity contribution in [3.63, 3.8) is 0 Å². The van der Waals surface area contributed by atoms with Crippen LogP contribution in [0.1, 0.15) is 42.7 Å². The Morgan fingerprint density at radius 1 is 0.684 bits per heavy atom. The Labute approximate surface area is 226 Å². The lowest BCUT2D eigenvalue weighted by atomic mass is 10.1. The Hall–Kier alpha value is -4.12. The van der Waals surface area contributed by atoms with Crippen LogP contribution in [-0.4, -0.2) is 38.8 Å². The molecular formula is C33H37N3O2. The van der Waals surface area contributed by atoms with E-state index in [4.69, 9.17) is 0 Å². The Bertz CT molecular complexity index is 1280. The molecule has 3 aromatic carbocycles. The van der Waals surface area contributed by atoms with Gasteiger partial charge >= 0.3 is 0 Å². The molecule has 38 heavy (non-hydrogen) atoms. The first-order valence-electron chi connectivity index (χ1n) is 13.3. The fourth-order valence-corrected chi connectivity index (χ4v) is 4.60. The molecule has 1 heterocycles. The first kappa shape index (κ1) is 26.9. The SMILES string of the molecule is CC(C)N(CC(=O)N(Cc1ccccc1)Cc1cccn1Cc1ccccc1)C(=O)CCc1ccccc1. The van der Waals surface area contributed by atoms with Gasteiger partial charge in [0.1, 0.15) is 0 Å². The molecule has 0 bridgehead atoms. The summed E-state index contributed by atoms with van der Waals surface area (Å²) in [5.74, 6) is -0.0487. The van der Waals surface area contributed by atoms with Crippen LogP contribution in [0.4, 0.5) is 0 Å². The summed E-state index contributed by atoms with van der Waals surface area (Å²) in [5, 5.41) is 0. The average molecular weight is 508 g/mol. The monoisotopic (exact) mass is 507 g/mol. The fourth-order valence-electron chi connectivity index (χ4n) is 4.60. The molecule has 0 saturated heterocycles. The summed E-state index contributed by atoms with van der Waals surface area (Å²) in [6.45, 7) is 5.71. The molecule has 4 aromatic rings. The number of hydrogen-bond donors (Lipinski definition) is 0. The Morgan fingerprint density at radius 2 is 1.26 bits per heavy atom. The molecule has 2 amide bonds. The molecule has 0 aliphatic carbocycles. The normalized spacial score (nSPS) is 10.9. The molecular weight excluding hydrogens is 470 g/mol. The minimum absolute atomic E-state index is 0.00400. The summed E-state index contributed by atoms with van der Waals surface area (Å²) in [5.41, 5.74) is 4.46. The minimum atomic E-state index is -0.0669. The maximum atomic E-state index is 13.8. The standard InChI is InChI=1S/C33H37N3O2/c1-27(2)36(32(37)21-20-28-13-6-3-7-14-28)26-33(38)35(24-30-17-10-5-11-18-30)25-31-19-12-22-34(31)23-29-15-8-4-9-16-29/h3-19,22,27H,20-21,23-26H2,1-2H3. The maximum Gasteiger partial charge on any atom is 0.242 e. The predicted octanol–water partition coefficient (Wildman–Crippen LogP) is 5.94. The van der Waals surface area contributed by atoms with E-state index in [2.05, 4.69) is 29.0 Å². The van der Waals surface area contributed by atoms with Crippen LogP contribution in [0.25, 0.3) is 0 Å². The summed E-state index contributed by atoms with van der Waals surface area (Å²) < 4.78 is 2.19. The van der Waals surface area contributed by atoms with E-state index in [-0.39, 0.29) is 24.4 Å². The van der Waals surface area contributed by atoms with Gasteiger partial charge in [-0.05, 0) is 49.1 Å². The van der Waals surface area contributed by atoms with Gasteiger partial charge in [-0.15, -0.1) is 0 Å². The largest absolute Gasteiger partial charge is 0.345 e. The molecule has 4 rings (SSSR count). The van der Waals surface area contributed by atoms with Gasteiger partial charge in [0, 0.05) is 37.4 Å². The van der Waals surface area contributed by atoms with E-state index in [0.29, 0.717) is 25.9 Å². The van der Waals surface area contributed by atoms with Gasteiger partial charge in [0.2, 0.25) is 11.8 Å². The van der Waals surface area contributed by atoms with Crippen LogP contribution >= 0.6 is 0 Å². The van der Waals surface area contributed by atoms with Gasteiger partial charge in [-0.3, -0.25) is 9.59 Å². The minimum Gasteiger partial charge on any atom is -0.345 e. The van der Waals surface area contributed by atoms with Crippen LogP contribution in [0.5, 0.6) is 0 Å². The number of benzene rings is 3. The number of aryl methyl sites for hydroxylation is 1. The van der Waals surface area contributed by atoms with Gasteiger partial charge < -0.3 is 14.4 Å². The van der Waals surface area contributed by atoms with E-state index in [1.165, 1.54) is 5.56 Å². The highest BCUT2D eigenvalue weighted by Gasteiger charge is 2.24. The molecule has 1 aromatic heterocycles. The number of amides is 2. The van der Waals surface area contributed by atoms with Gasteiger partial charge in [0.05, 0.1) is 13.1 Å². The van der Waals surface area contributed by atoms with Crippen molar-refractivity contribution in [2.75, 3.05) is 6.54 Å². The molecule has 0 aliphatic heterocycles. The summed E-state index contributed by atoms with van der Waals surface area (Å²) in [6, 6.07) is 34.4. The third kappa shape index (κ3) is 7.69. The van der Waals surface area contributed by atoms with Crippen molar-refractivity contribution in [3.05, 3.63) is 132 Å². The highest BCUT2D eigenvalue weighted by molar-refractivity contribution is 5.85. The molecule has 0 N–H and O–H groups in total. The summed E-state index contributed by atoms with van der Waals surface area (Å²) in [7, 11) is 0. The van der Waals surface area contributed by atoms with Crippen molar-refractivity contribution < 1.29 is 9.59 Å². The Kier molecular flexibility index (Phi) is 9.52. The quantitative estimate of drug-likeness (QED) is 0.238. The molecule has 0 radical (unpaired) electrons. The van der Waals surface area contributed by atoms with Gasteiger partial charge in [-0.25, -0.2) is 0 Å². The number of hydrogen-bond acceptors (Lipinski definition) is 2. The number of carbonyl (C=O) groups is 2. The van der Waals surface area contributed by atoms with Crippen molar-refractivity contribution in [2.45, 2.75) is 52.4 Å². The highest BCUT2D eigenvalue weighted by Crippen LogP contribution is 2.15. The van der Waals surface area contributed by atoms with E-state index in [1.807, 2.05) is 104 Å². The van der Waals surface area contributed by atoms with Gasteiger partial charge in [-0.2, -0.15) is 0 Å². The smallest absolute Gasteiger partial charge is 0.242 e. The lowest BCUT2D eigenvalue weighted by Crippen LogP contribution is -2.45. The topological polar surface area (TPSA) is 45.6 Å². The van der Waals surface area contributed by atoms with Crippen molar-refractivity contribution in [1.29, 1.82) is 0 Å². The first-order chi connectivity index (χ1) is 18.5. The first-order valence-corrected chi connectivity index (χ1v) is 13.3. The number of carbonyl (C=O) groups excluding carboxylic acids is 2. The van der Waals surface area contributed by atoms with Crippen LogP contribution < -0.4 is 0 Å². The lowest BCUT2D eigenvalue weighted by molar-refractivity contribution is -0.142. The Morgan fingerprint density at radius 3 is 1.87 bits per heavy atom. The van der Waals surface area contributed by atoms with Crippen molar-refractivity contribution in [3.8, 4) is 0 Å². The van der Waals surface area contributed by atoms with Crippen molar-refractivity contribution in [1.82, 2.24) is 14.4 Å². The van der Waals surface area contributed by atoms with Crippen LogP contribution in [0.3, 0.4) is 0 Å². The van der Waals surface area contributed by atoms with Gasteiger partial charge in [0.15, 0.2) is 0 Å². The van der Waals surface area contributed by atoms with Crippen molar-refractivity contribution in [2.24, 2.45) is 0 Å². The van der Waals surface area contributed by atoms with E-state index >= 15 is 0 Å². The van der Waals surface area contributed by atoms with E-state index < -0.39 is 0 Å². The average Bonchev–Trinajstić information content (AvgIpc) is 3.37. The number of rotatable bonds is 12. The van der Waals surface area contributed by atoms with Crippen LogP contribution in [0.2, 0.25) is 0 Å². The second-order valence-corrected chi connectivity index (χ2v) is 9.95. The van der Waals surface area contributed by atoms with Gasteiger partial charge in [-0.1, -0.05) is 91.0 Å². The van der Waals surface area contributed by atoms with Crippen molar-refractivity contribution >= 4 is 11.8 Å². The zero-order valence-electron chi connectivity index (χ0n) is 22.4. The molecule has 0 atom stereocenters. The molecule has 5 nitrogen and oxygen atoms in total. The third-order valence-electron chi connectivity index (χ3n) is 6.76. The number of nitrogens with zero attached hydrogens (tertiary/aromatic N) is 3. The zero-order valence-corrected chi connectivity index (χ0v) is 22.4. The van der Waals surface area contributed by atoms with Crippen LogP contribution in [0.15, 0.2) is 109 Å². The third-order valence-corrected chi connectivity index (χ3v) is 6.76. The molecule has 0 saturated carbocycles. The summed E-state index contributed by atoms with van der Waals surface area (Å²) in [6.07, 6.45) is 3.10. The van der Waals surface area contributed by atoms with E-state index in [1.54, 1.807) is 4.90 Å². The zero-order chi connectivity index (χ0) is 26.7. The second kappa shape index (κ2) is 13.4. The lowest BCUT2D eigenvalue weighted by Gasteiger charge is -2.30. The van der Waals surface area contributed by atoms with E-state index in [9.17, 15) is 9.59 Å². The summed E-state index contributed by atoms with van der Waals surface area (Å²) >= 11 is 0. The molecule has 5 heteroatoms. The molecule has 0 spiro atoms. The molecule has 0 fully saturated rings. The molecule has 0 unspecified atom stereocenters. The number of aromatic nitrogens is 1. The van der Waals surface area contributed by atoms with Crippen LogP contribution in [-0.2, 0) is 35.6 Å². The molecule has 0 aliphatic rings. The highest BCUT2D eigenvalue weighted by atomic mass is 16.2. The second-order valence-electron chi connectivity index (χ2n) is 9.95. The maximum absolute atomic E-state index is 13.8. The van der Waals surface area contributed by atoms with Crippen LogP contribution in [0, 0.1) is 0 Å². The predicted molar refractivity (Wildman–Crippen MR) is 152 cm³/mol. The fraction of sp³-hybridized carbons (Fsp3) is 0.273. The van der Waals surface area contributed by atoms with E-state index in [0.717, 1.165) is 23.4 Å². The Balaban J connectivity index is 1.49. The van der Waals surface area contributed by atoms with Gasteiger partial charge in [0.25, 0.3) is 0 Å². The molecule has 196 valence electrons. The summed E-state index contributed by atoms with van der Waals surface area (Å²) in [4.78, 5) is 30.5.